The number of aliphatic carboxylic acids is 1. The number of hydrogen-bond donors (Lipinski definition) is 0. The van der Waals surface area contributed by atoms with E-state index < -0.39 is 11.8 Å². The van der Waals surface area contributed by atoms with Gasteiger partial charge in [0, 0.05) is 5.75 Å². The number of carboxylic acids is 1. The van der Waals surface area contributed by atoms with Gasteiger partial charge >= 0.3 is 0 Å². The molecule has 1 heterocycles. The van der Waals surface area contributed by atoms with Crippen LogP contribution in [0.1, 0.15) is 0 Å². The second-order valence-electron chi connectivity index (χ2n) is 4.69. The van der Waals surface area contributed by atoms with Crippen molar-refractivity contribution in [3.05, 3.63) is 64.7 Å². The van der Waals surface area contributed by atoms with Gasteiger partial charge < -0.3 is 9.90 Å². The lowest BCUT2D eigenvalue weighted by Crippen LogP contribution is -2.26. The Labute approximate surface area is 134 Å². The molecule has 1 aromatic heterocycles. The number of carbonyl (C=O) groups excluding carboxylic acids is 1. The molecule has 0 unspecified atom stereocenters. The van der Waals surface area contributed by atoms with Crippen molar-refractivity contribution in [1.29, 1.82) is 0 Å². The Hall–Kier alpha value is -2.67. The first-order valence-electron chi connectivity index (χ1n) is 6.66. The molecule has 0 bridgehead atoms. The molecule has 0 saturated carbocycles. The number of thioether (sulfide) groups is 1. The highest BCUT2D eigenvalue weighted by Crippen LogP contribution is 2.21. The number of rotatable bonds is 4. The Kier molecular flexibility index (Phi) is 4.12. The Balaban J connectivity index is 2.25. The zero-order valence-electron chi connectivity index (χ0n) is 11.7. The maximum Gasteiger partial charge on any atom is 0.266 e. The number of aromatic nitrogens is 2. The molecule has 0 aliphatic heterocycles. The van der Waals surface area contributed by atoms with Crippen molar-refractivity contribution in [3.8, 4) is 5.69 Å². The highest BCUT2D eigenvalue weighted by Gasteiger charge is 2.13. The third kappa shape index (κ3) is 3.09. The monoisotopic (exact) mass is 329 g/mol. The van der Waals surface area contributed by atoms with Crippen LogP contribution in [0.5, 0.6) is 0 Å². The summed E-state index contributed by atoms with van der Waals surface area (Å²) in [5.74, 6) is -2.03. The Morgan fingerprint density at radius 2 is 1.87 bits per heavy atom. The molecule has 0 atom stereocenters. The second-order valence-corrected chi connectivity index (χ2v) is 5.63. The SMILES string of the molecule is O=C([O-])CSc1nc2ccccc2c(=O)n1-c1ccc(F)cc1. The molecule has 0 fully saturated rings. The van der Waals surface area contributed by atoms with E-state index in [2.05, 4.69) is 4.98 Å². The van der Waals surface area contributed by atoms with Gasteiger partial charge in [0.2, 0.25) is 0 Å². The summed E-state index contributed by atoms with van der Waals surface area (Å²) in [7, 11) is 0. The second kappa shape index (κ2) is 6.21. The summed E-state index contributed by atoms with van der Waals surface area (Å²) in [5.41, 5.74) is 0.537. The average molecular weight is 329 g/mol. The molecule has 0 N–H and O–H groups in total. The molecule has 0 saturated heterocycles. The molecule has 3 rings (SSSR count). The van der Waals surface area contributed by atoms with Gasteiger partial charge in [-0.1, -0.05) is 23.9 Å². The molecule has 0 aliphatic rings. The lowest BCUT2D eigenvalue weighted by atomic mass is 10.2. The van der Waals surface area contributed by atoms with Crippen molar-refractivity contribution in [2.45, 2.75) is 5.16 Å². The van der Waals surface area contributed by atoms with Crippen LogP contribution in [-0.4, -0.2) is 21.3 Å². The van der Waals surface area contributed by atoms with Crippen molar-refractivity contribution < 1.29 is 14.3 Å². The molecule has 0 amide bonds. The molecule has 3 aromatic rings. The van der Waals surface area contributed by atoms with Gasteiger partial charge in [0.05, 0.1) is 22.6 Å². The molecule has 5 nitrogen and oxygen atoms in total. The van der Waals surface area contributed by atoms with Crippen LogP contribution < -0.4 is 10.7 Å². The topological polar surface area (TPSA) is 75.0 Å². The van der Waals surface area contributed by atoms with Gasteiger partial charge in [0.1, 0.15) is 5.82 Å². The first-order chi connectivity index (χ1) is 11.1. The lowest BCUT2D eigenvalue weighted by Gasteiger charge is -2.13. The predicted molar refractivity (Wildman–Crippen MR) is 83.0 cm³/mol. The summed E-state index contributed by atoms with van der Waals surface area (Å²) >= 11 is 0.879. The minimum atomic E-state index is -1.26. The van der Waals surface area contributed by atoms with E-state index in [4.69, 9.17) is 0 Å². The maximum atomic E-state index is 13.1. The van der Waals surface area contributed by atoms with Crippen LogP contribution in [0.15, 0.2) is 58.5 Å². The highest BCUT2D eigenvalue weighted by molar-refractivity contribution is 7.99. The molecule has 2 aromatic carbocycles. The van der Waals surface area contributed by atoms with Crippen LogP contribution in [0, 0.1) is 5.82 Å². The van der Waals surface area contributed by atoms with Crippen LogP contribution in [0.25, 0.3) is 16.6 Å². The third-order valence-corrected chi connectivity index (χ3v) is 4.06. The van der Waals surface area contributed by atoms with Crippen LogP contribution in [0.2, 0.25) is 0 Å². The Morgan fingerprint density at radius 1 is 1.17 bits per heavy atom. The van der Waals surface area contributed by atoms with Gasteiger partial charge in [-0.2, -0.15) is 0 Å². The Bertz CT molecular complexity index is 938. The summed E-state index contributed by atoms with van der Waals surface area (Å²) in [6, 6.07) is 12.1. The van der Waals surface area contributed by atoms with Gasteiger partial charge in [0.15, 0.2) is 5.16 Å². The van der Waals surface area contributed by atoms with E-state index in [-0.39, 0.29) is 16.5 Å². The molecule has 0 spiro atoms. The molecule has 23 heavy (non-hydrogen) atoms. The molecular weight excluding hydrogens is 319 g/mol. The number of carbonyl (C=O) groups is 1. The van der Waals surface area contributed by atoms with Crippen molar-refractivity contribution in [1.82, 2.24) is 9.55 Å². The number of para-hydroxylation sites is 1. The minimum Gasteiger partial charge on any atom is -0.549 e. The van der Waals surface area contributed by atoms with E-state index in [9.17, 15) is 19.1 Å². The fourth-order valence-electron chi connectivity index (χ4n) is 2.15. The van der Waals surface area contributed by atoms with E-state index in [0.29, 0.717) is 16.6 Å². The van der Waals surface area contributed by atoms with Crippen LogP contribution in [-0.2, 0) is 4.79 Å². The number of hydrogen-bond acceptors (Lipinski definition) is 5. The fourth-order valence-corrected chi connectivity index (χ4v) is 2.88. The van der Waals surface area contributed by atoms with Crippen LogP contribution >= 0.6 is 11.8 Å². The van der Waals surface area contributed by atoms with E-state index in [1.165, 1.54) is 28.8 Å². The number of fused-ring (bicyclic) bond motifs is 1. The largest absolute Gasteiger partial charge is 0.549 e. The Morgan fingerprint density at radius 3 is 2.57 bits per heavy atom. The smallest absolute Gasteiger partial charge is 0.266 e. The molecule has 7 heteroatoms. The van der Waals surface area contributed by atoms with Crippen LogP contribution in [0.3, 0.4) is 0 Å². The van der Waals surface area contributed by atoms with Gasteiger partial charge in [-0.25, -0.2) is 9.37 Å². The number of benzene rings is 2. The molecule has 0 aliphatic carbocycles. The summed E-state index contributed by atoms with van der Waals surface area (Å²) in [5, 5.41) is 11.3. The first kappa shape index (κ1) is 15.2. The summed E-state index contributed by atoms with van der Waals surface area (Å²) in [4.78, 5) is 27.8. The van der Waals surface area contributed by atoms with E-state index in [1.807, 2.05) is 0 Å². The zero-order chi connectivity index (χ0) is 16.4. The van der Waals surface area contributed by atoms with E-state index in [1.54, 1.807) is 24.3 Å². The third-order valence-electron chi connectivity index (χ3n) is 3.15. The zero-order valence-corrected chi connectivity index (χ0v) is 12.5. The normalized spacial score (nSPS) is 10.8. The summed E-state index contributed by atoms with van der Waals surface area (Å²) in [6.07, 6.45) is 0. The van der Waals surface area contributed by atoms with Crippen molar-refractivity contribution >= 4 is 28.6 Å². The molecular formula is C16H10FN2O3S-. The summed E-state index contributed by atoms with van der Waals surface area (Å²) < 4.78 is 14.4. The van der Waals surface area contributed by atoms with Gasteiger partial charge in [0.25, 0.3) is 5.56 Å². The van der Waals surface area contributed by atoms with Crippen molar-refractivity contribution in [3.63, 3.8) is 0 Å². The van der Waals surface area contributed by atoms with Crippen LogP contribution in [0.4, 0.5) is 4.39 Å². The van der Waals surface area contributed by atoms with Crippen molar-refractivity contribution in [2.24, 2.45) is 0 Å². The predicted octanol–water partition coefficient (Wildman–Crippen LogP) is 1.37. The molecule has 116 valence electrons. The standard InChI is InChI=1S/C16H11FN2O3S/c17-10-5-7-11(8-6-10)19-15(22)12-3-1-2-4-13(12)18-16(19)23-9-14(20)21/h1-8H,9H2,(H,20,21)/p-1. The van der Waals surface area contributed by atoms with Gasteiger partial charge in [-0.05, 0) is 36.4 Å². The number of nitrogens with zero attached hydrogens (tertiary/aromatic N) is 2. The average Bonchev–Trinajstić information content (AvgIpc) is 2.54. The summed E-state index contributed by atoms with van der Waals surface area (Å²) in [6.45, 7) is 0. The maximum absolute atomic E-state index is 13.1. The van der Waals surface area contributed by atoms with Gasteiger partial charge in [-0.3, -0.25) is 9.36 Å². The van der Waals surface area contributed by atoms with E-state index in [0.717, 1.165) is 11.8 Å². The first-order valence-corrected chi connectivity index (χ1v) is 7.65. The van der Waals surface area contributed by atoms with Crippen molar-refractivity contribution in [2.75, 3.05) is 5.75 Å². The molecule has 0 radical (unpaired) electrons. The lowest BCUT2D eigenvalue weighted by molar-refractivity contribution is -0.301. The number of carboxylic acid groups (broad SMARTS) is 1. The highest BCUT2D eigenvalue weighted by atomic mass is 32.2. The number of halogens is 1. The van der Waals surface area contributed by atoms with Gasteiger partial charge in [-0.15, -0.1) is 0 Å². The minimum absolute atomic E-state index is 0.213. The fraction of sp³-hybridized carbons (Fsp3) is 0.0625. The van der Waals surface area contributed by atoms with E-state index >= 15 is 0 Å². The quantitative estimate of drug-likeness (QED) is 0.534.